The van der Waals surface area contributed by atoms with Crippen LogP contribution in [-0.2, 0) is 4.79 Å². The number of carboxylic acid groups (broad SMARTS) is 1. The monoisotopic (exact) mass is 331 g/mol. The van der Waals surface area contributed by atoms with Gasteiger partial charge in [0.05, 0.1) is 16.6 Å². The van der Waals surface area contributed by atoms with Crippen molar-refractivity contribution in [3.05, 3.63) is 64.7 Å². The maximum atomic E-state index is 13.8. The number of hydrogen-bond acceptors (Lipinski definition) is 3. The highest BCUT2D eigenvalue weighted by molar-refractivity contribution is 7.19. The molecule has 0 radical (unpaired) electrons. The van der Waals surface area contributed by atoms with Gasteiger partial charge in [-0.15, -0.1) is 11.3 Å². The van der Waals surface area contributed by atoms with Gasteiger partial charge in [0, 0.05) is 5.56 Å². The van der Waals surface area contributed by atoms with E-state index in [1.54, 1.807) is 0 Å². The number of aromatic nitrogens is 1. The van der Waals surface area contributed by atoms with Crippen molar-refractivity contribution in [2.45, 2.75) is 6.42 Å². The van der Waals surface area contributed by atoms with Crippen molar-refractivity contribution >= 4 is 39.2 Å². The smallest absolute Gasteiger partial charge is 0.307 e. The molecule has 3 rings (SSSR count). The summed E-state index contributed by atoms with van der Waals surface area (Å²) in [4.78, 5) is 15.5. The highest BCUT2D eigenvalue weighted by Gasteiger charge is 2.14. The van der Waals surface area contributed by atoms with E-state index >= 15 is 0 Å². The summed E-state index contributed by atoms with van der Waals surface area (Å²) < 4.78 is 28.0. The molecular weight excluding hydrogens is 320 g/mol. The second kappa shape index (κ2) is 6.26. The van der Waals surface area contributed by atoms with Crippen LogP contribution in [0.3, 0.4) is 0 Å². The van der Waals surface area contributed by atoms with E-state index in [4.69, 9.17) is 5.11 Å². The summed E-state index contributed by atoms with van der Waals surface area (Å²) in [5.41, 5.74) is 1.08. The molecule has 3 nitrogen and oxygen atoms in total. The van der Waals surface area contributed by atoms with Crippen molar-refractivity contribution in [3.8, 4) is 0 Å². The molecule has 23 heavy (non-hydrogen) atoms. The van der Waals surface area contributed by atoms with Gasteiger partial charge in [-0.3, -0.25) is 4.79 Å². The maximum absolute atomic E-state index is 13.8. The van der Waals surface area contributed by atoms with Crippen LogP contribution in [0.15, 0.2) is 42.5 Å². The lowest BCUT2D eigenvalue weighted by molar-refractivity contribution is -0.135. The zero-order valence-corrected chi connectivity index (χ0v) is 12.6. The molecule has 0 amide bonds. The van der Waals surface area contributed by atoms with E-state index in [1.807, 2.05) is 24.3 Å². The first-order valence-corrected chi connectivity index (χ1v) is 7.58. The number of rotatable bonds is 4. The van der Waals surface area contributed by atoms with Gasteiger partial charge in [0.25, 0.3) is 0 Å². The molecule has 2 aromatic carbocycles. The van der Waals surface area contributed by atoms with E-state index in [9.17, 15) is 13.6 Å². The standard InChI is InChI=1S/C17H11F2NO2S/c18-12-5-6-13(19)10(8-12)7-11(9-16(21)22)17-20-14-3-1-2-4-15(14)23-17/h1-8H,9H2,(H,21,22)/b11-7-. The fourth-order valence-corrected chi connectivity index (χ4v) is 3.15. The lowest BCUT2D eigenvalue weighted by Crippen LogP contribution is -1.97. The average Bonchev–Trinajstić information content (AvgIpc) is 2.93. The Balaban J connectivity index is 2.11. The number of halogens is 2. The van der Waals surface area contributed by atoms with E-state index in [2.05, 4.69) is 4.98 Å². The van der Waals surface area contributed by atoms with Crippen LogP contribution in [0.2, 0.25) is 0 Å². The molecule has 116 valence electrons. The van der Waals surface area contributed by atoms with Gasteiger partial charge in [0.15, 0.2) is 0 Å². The van der Waals surface area contributed by atoms with E-state index in [0.29, 0.717) is 10.6 Å². The quantitative estimate of drug-likeness (QED) is 0.761. The summed E-state index contributed by atoms with van der Waals surface area (Å²) >= 11 is 1.32. The van der Waals surface area contributed by atoms with Crippen LogP contribution in [0.1, 0.15) is 17.0 Å². The number of thiazole rings is 1. The van der Waals surface area contributed by atoms with E-state index in [1.165, 1.54) is 17.4 Å². The average molecular weight is 331 g/mol. The van der Waals surface area contributed by atoms with Crippen LogP contribution in [0.25, 0.3) is 21.9 Å². The second-order valence-electron chi connectivity index (χ2n) is 4.89. The lowest BCUT2D eigenvalue weighted by Gasteiger charge is -2.03. The van der Waals surface area contributed by atoms with Crippen LogP contribution in [-0.4, -0.2) is 16.1 Å². The minimum absolute atomic E-state index is 0.000469. The normalized spacial score (nSPS) is 11.8. The minimum atomic E-state index is -1.06. The summed E-state index contributed by atoms with van der Waals surface area (Å²) in [5.74, 6) is -2.26. The maximum Gasteiger partial charge on any atom is 0.307 e. The highest BCUT2D eigenvalue weighted by atomic mass is 32.1. The molecule has 0 bridgehead atoms. The molecule has 0 unspecified atom stereocenters. The number of aliphatic carboxylic acids is 1. The second-order valence-corrected chi connectivity index (χ2v) is 5.92. The Kier molecular flexibility index (Phi) is 4.16. The Hall–Kier alpha value is -2.60. The number of nitrogens with zero attached hydrogens (tertiary/aromatic N) is 1. The molecule has 0 aliphatic carbocycles. The van der Waals surface area contributed by atoms with Gasteiger partial charge in [-0.1, -0.05) is 12.1 Å². The first-order chi connectivity index (χ1) is 11.0. The summed E-state index contributed by atoms with van der Waals surface area (Å²) in [6.45, 7) is 0. The molecule has 3 aromatic rings. The molecule has 1 N–H and O–H groups in total. The number of para-hydroxylation sites is 1. The number of hydrogen-bond donors (Lipinski definition) is 1. The summed E-state index contributed by atoms with van der Waals surface area (Å²) in [5, 5.41) is 9.57. The number of carbonyl (C=O) groups is 1. The SMILES string of the molecule is O=C(O)C/C(=C/c1cc(F)ccc1F)c1nc2ccccc2s1. The summed E-state index contributed by atoms with van der Waals surface area (Å²) in [7, 11) is 0. The molecule has 6 heteroatoms. The topological polar surface area (TPSA) is 50.2 Å². The Morgan fingerprint density at radius 2 is 2.00 bits per heavy atom. The van der Waals surface area contributed by atoms with Crippen LogP contribution in [0.4, 0.5) is 8.78 Å². The molecule has 0 saturated carbocycles. The third-order valence-corrected chi connectivity index (χ3v) is 4.31. The molecule has 0 aliphatic heterocycles. The van der Waals surface area contributed by atoms with Crippen molar-refractivity contribution in [3.63, 3.8) is 0 Å². The highest BCUT2D eigenvalue weighted by Crippen LogP contribution is 2.30. The summed E-state index contributed by atoms with van der Waals surface area (Å²) in [6, 6.07) is 10.4. The van der Waals surface area contributed by atoms with Gasteiger partial charge in [-0.05, 0) is 42.0 Å². The third kappa shape index (κ3) is 3.43. The van der Waals surface area contributed by atoms with E-state index in [0.717, 1.165) is 28.4 Å². The molecule has 0 spiro atoms. The van der Waals surface area contributed by atoms with Crippen molar-refractivity contribution in [1.82, 2.24) is 4.98 Å². The number of benzene rings is 2. The van der Waals surface area contributed by atoms with Crippen molar-refractivity contribution in [2.24, 2.45) is 0 Å². The predicted molar refractivity (Wildman–Crippen MR) is 86.1 cm³/mol. The zero-order chi connectivity index (χ0) is 16.4. The Morgan fingerprint density at radius 1 is 1.22 bits per heavy atom. The summed E-state index contributed by atoms with van der Waals surface area (Å²) in [6.07, 6.45) is 1.01. The van der Waals surface area contributed by atoms with Crippen LogP contribution < -0.4 is 0 Å². The van der Waals surface area contributed by atoms with Gasteiger partial charge in [0.2, 0.25) is 0 Å². The van der Waals surface area contributed by atoms with Crippen molar-refractivity contribution in [2.75, 3.05) is 0 Å². The van der Waals surface area contributed by atoms with E-state index < -0.39 is 17.6 Å². The van der Waals surface area contributed by atoms with Gasteiger partial charge >= 0.3 is 5.97 Å². The molecular formula is C17H11F2NO2S. The fraction of sp³-hybridized carbons (Fsp3) is 0.0588. The van der Waals surface area contributed by atoms with Gasteiger partial charge in [-0.2, -0.15) is 0 Å². The number of carboxylic acids is 1. The van der Waals surface area contributed by atoms with Crippen molar-refractivity contribution < 1.29 is 18.7 Å². The molecule has 1 aromatic heterocycles. The van der Waals surface area contributed by atoms with Crippen LogP contribution in [0.5, 0.6) is 0 Å². The number of fused-ring (bicyclic) bond motifs is 1. The van der Waals surface area contributed by atoms with E-state index in [-0.39, 0.29) is 12.0 Å². The molecule has 0 saturated heterocycles. The first kappa shape index (κ1) is 15.3. The van der Waals surface area contributed by atoms with Gasteiger partial charge < -0.3 is 5.11 Å². The third-order valence-electron chi connectivity index (χ3n) is 3.20. The van der Waals surface area contributed by atoms with Crippen molar-refractivity contribution in [1.29, 1.82) is 0 Å². The minimum Gasteiger partial charge on any atom is -0.481 e. The fourth-order valence-electron chi connectivity index (χ4n) is 2.17. The molecule has 0 fully saturated rings. The zero-order valence-electron chi connectivity index (χ0n) is 11.8. The van der Waals surface area contributed by atoms with Gasteiger partial charge in [0.1, 0.15) is 16.6 Å². The largest absolute Gasteiger partial charge is 0.481 e. The lowest BCUT2D eigenvalue weighted by atomic mass is 10.1. The molecule has 1 heterocycles. The van der Waals surface area contributed by atoms with Crippen LogP contribution in [0, 0.1) is 11.6 Å². The van der Waals surface area contributed by atoms with Crippen LogP contribution >= 0.6 is 11.3 Å². The first-order valence-electron chi connectivity index (χ1n) is 6.76. The molecule has 0 aliphatic rings. The Bertz CT molecular complexity index is 885. The molecule has 0 atom stereocenters. The Morgan fingerprint density at radius 3 is 2.74 bits per heavy atom. The van der Waals surface area contributed by atoms with Gasteiger partial charge in [-0.25, -0.2) is 13.8 Å². The predicted octanol–water partition coefficient (Wildman–Crippen LogP) is 4.59. The Labute approximate surface area is 134 Å².